The Bertz CT molecular complexity index is 334. The quantitative estimate of drug-likeness (QED) is 0.842. The van der Waals surface area contributed by atoms with Crippen molar-refractivity contribution in [1.29, 1.82) is 0 Å². The van der Waals surface area contributed by atoms with Crippen molar-refractivity contribution in [3.63, 3.8) is 0 Å². The largest absolute Gasteiger partial charge is 0.389 e. The Labute approximate surface area is 137 Å². The van der Waals surface area contributed by atoms with Crippen LogP contribution in [0.3, 0.4) is 0 Å². The molecule has 3 nitrogen and oxygen atoms in total. The first-order valence-corrected chi connectivity index (χ1v) is 9.25. The number of hydrogen-bond donors (Lipinski definition) is 1. The lowest BCUT2D eigenvalue weighted by Gasteiger charge is -2.39. The fourth-order valence-electron chi connectivity index (χ4n) is 4.92. The van der Waals surface area contributed by atoms with Crippen molar-refractivity contribution >= 4 is 0 Å². The maximum atomic E-state index is 10.3. The minimum atomic E-state index is -0.349. The van der Waals surface area contributed by atoms with Gasteiger partial charge < -0.3 is 14.7 Å². The number of rotatable bonds is 5. The molecule has 2 rings (SSSR count). The van der Waals surface area contributed by atoms with Gasteiger partial charge in [0.1, 0.15) is 0 Å². The summed E-state index contributed by atoms with van der Waals surface area (Å²) < 4.78 is 6.07. The van der Waals surface area contributed by atoms with Gasteiger partial charge in [-0.2, -0.15) is 0 Å². The Kier molecular flexibility index (Phi) is 6.32. The number of aliphatic hydroxyl groups excluding tert-OH is 1. The molecule has 0 radical (unpaired) electrons. The molecule has 130 valence electrons. The molecule has 0 aromatic rings. The van der Waals surface area contributed by atoms with Crippen LogP contribution in [0.25, 0.3) is 0 Å². The molecule has 3 heteroatoms. The molecular weight excluding hydrogens is 274 g/mol. The minimum Gasteiger partial charge on any atom is -0.389 e. The number of β-amino-alcohol motifs (C(OH)–C–C–N with tert-alkyl or cyclic N) is 1. The summed E-state index contributed by atoms with van der Waals surface area (Å²) in [6.07, 6.45) is 4.86. The van der Waals surface area contributed by atoms with Gasteiger partial charge >= 0.3 is 0 Å². The molecule has 1 N–H and O–H groups in total. The molecule has 1 saturated carbocycles. The number of ether oxygens (including phenoxy) is 1. The van der Waals surface area contributed by atoms with Gasteiger partial charge in [-0.25, -0.2) is 0 Å². The van der Waals surface area contributed by atoms with Crippen LogP contribution in [0.15, 0.2) is 0 Å². The zero-order valence-corrected chi connectivity index (χ0v) is 15.3. The van der Waals surface area contributed by atoms with Crippen LogP contribution in [-0.2, 0) is 4.74 Å². The number of piperidine rings is 1. The summed E-state index contributed by atoms with van der Waals surface area (Å²) in [5, 5.41) is 10.3. The van der Waals surface area contributed by atoms with Crippen molar-refractivity contribution in [3.05, 3.63) is 0 Å². The van der Waals surface area contributed by atoms with Gasteiger partial charge in [-0.05, 0) is 48.9 Å². The van der Waals surface area contributed by atoms with Crippen LogP contribution in [0.1, 0.15) is 60.3 Å². The SMILES string of the molecule is C[C@@H]1C[C@H](C)CN(C[C@@H](O)CO[C@@H]2C[C@@H](C)CC(C)(C)C2)C1. The summed E-state index contributed by atoms with van der Waals surface area (Å²) in [5.74, 6) is 2.23. The van der Waals surface area contributed by atoms with Gasteiger partial charge in [0, 0.05) is 19.6 Å². The fraction of sp³-hybridized carbons (Fsp3) is 1.00. The third-order valence-electron chi connectivity index (χ3n) is 5.28. The van der Waals surface area contributed by atoms with E-state index < -0.39 is 0 Å². The first-order chi connectivity index (χ1) is 10.2. The molecule has 22 heavy (non-hydrogen) atoms. The zero-order chi connectivity index (χ0) is 16.3. The molecular formula is C19H37NO2. The van der Waals surface area contributed by atoms with E-state index in [0.717, 1.165) is 50.2 Å². The Balaban J connectivity index is 1.72. The monoisotopic (exact) mass is 311 g/mol. The lowest BCUT2D eigenvalue weighted by molar-refractivity contribution is -0.0641. The van der Waals surface area contributed by atoms with Crippen molar-refractivity contribution in [1.82, 2.24) is 4.90 Å². The maximum absolute atomic E-state index is 10.3. The van der Waals surface area contributed by atoms with Crippen molar-refractivity contribution in [2.24, 2.45) is 23.2 Å². The second-order valence-corrected chi connectivity index (χ2v) is 9.19. The van der Waals surface area contributed by atoms with E-state index >= 15 is 0 Å². The summed E-state index contributed by atoms with van der Waals surface area (Å²) in [6, 6.07) is 0. The minimum absolute atomic E-state index is 0.326. The van der Waals surface area contributed by atoms with Gasteiger partial charge in [0.2, 0.25) is 0 Å². The Hall–Kier alpha value is -0.120. The molecule has 0 amide bonds. The molecule has 0 aromatic carbocycles. The Morgan fingerprint density at radius 2 is 1.68 bits per heavy atom. The lowest BCUT2D eigenvalue weighted by atomic mass is 9.71. The number of likely N-dealkylation sites (tertiary alicyclic amines) is 1. The zero-order valence-electron chi connectivity index (χ0n) is 15.3. The third kappa shape index (κ3) is 5.82. The highest BCUT2D eigenvalue weighted by molar-refractivity contribution is 4.84. The lowest BCUT2D eigenvalue weighted by Crippen LogP contribution is -2.44. The molecule has 1 aliphatic heterocycles. The molecule has 5 atom stereocenters. The second kappa shape index (κ2) is 7.63. The van der Waals surface area contributed by atoms with Crippen LogP contribution in [0.4, 0.5) is 0 Å². The molecule has 2 fully saturated rings. The fourth-order valence-corrected chi connectivity index (χ4v) is 4.92. The van der Waals surface area contributed by atoms with Gasteiger partial charge in [-0.15, -0.1) is 0 Å². The number of nitrogens with zero attached hydrogens (tertiary/aromatic N) is 1. The molecule has 0 aromatic heterocycles. The van der Waals surface area contributed by atoms with Crippen molar-refractivity contribution in [3.8, 4) is 0 Å². The second-order valence-electron chi connectivity index (χ2n) is 9.19. The van der Waals surface area contributed by atoms with E-state index in [1.54, 1.807) is 0 Å². The molecule has 0 bridgehead atoms. The molecule has 0 unspecified atom stereocenters. The summed E-state index contributed by atoms with van der Waals surface area (Å²) in [4.78, 5) is 2.42. The summed E-state index contributed by atoms with van der Waals surface area (Å²) in [5.41, 5.74) is 0.380. The molecule has 1 aliphatic carbocycles. The van der Waals surface area contributed by atoms with Crippen molar-refractivity contribution < 1.29 is 9.84 Å². The highest BCUT2D eigenvalue weighted by Gasteiger charge is 2.33. The Morgan fingerprint density at radius 3 is 2.27 bits per heavy atom. The van der Waals surface area contributed by atoms with E-state index in [-0.39, 0.29) is 6.10 Å². The van der Waals surface area contributed by atoms with Crippen molar-refractivity contribution in [2.45, 2.75) is 72.5 Å². The van der Waals surface area contributed by atoms with Crippen molar-refractivity contribution in [2.75, 3.05) is 26.2 Å². The first kappa shape index (κ1) is 18.2. The van der Waals surface area contributed by atoms with Gasteiger partial charge in [0.05, 0.1) is 18.8 Å². The number of hydrogen-bond acceptors (Lipinski definition) is 3. The van der Waals surface area contributed by atoms with E-state index in [0.29, 0.717) is 18.1 Å². The first-order valence-electron chi connectivity index (χ1n) is 9.25. The highest BCUT2D eigenvalue weighted by atomic mass is 16.5. The molecule has 0 spiro atoms. The molecule has 2 aliphatic rings. The van der Waals surface area contributed by atoms with Crippen LogP contribution in [0, 0.1) is 23.2 Å². The summed E-state index contributed by atoms with van der Waals surface area (Å²) >= 11 is 0. The van der Waals surface area contributed by atoms with Crippen LogP contribution in [0.2, 0.25) is 0 Å². The highest BCUT2D eigenvalue weighted by Crippen LogP contribution is 2.39. The third-order valence-corrected chi connectivity index (χ3v) is 5.28. The topological polar surface area (TPSA) is 32.7 Å². The van der Waals surface area contributed by atoms with Crippen LogP contribution in [-0.4, -0.2) is 48.5 Å². The Morgan fingerprint density at radius 1 is 1.05 bits per heavy atom. The summed E-state index contributed by atoms with van der Waals surface area (Å²) in [7, 11) is 0. The average molecular weight is 312 g/mol. The maximum Gasteiger partial charge on any atom is 0.0900 e. The number of aliphatic hydroxyl groups is 1. The predicted molar refractivity (Wildman–Crippen MR) is 91.9 cm³/mol. The van der Waals surface area contributed by atoms with E-state index in [4.69, 9.17) is 4.74 Å². The van der Waals surface area contributed by atoms with E-state index in [2.05, 4.69) is 39.5 Å². The smallest absolute Gasteiger partial charge is 0.0900 e. The average Bonchev–Trinajstić information content (AvgIpc) is 2.32. The van der Waals surface area contributed by atoms with E-state index in [1.807, 2.05) is 0 Å². The van der Waals surface area contributed by atoms with Gasteiger partial charge in [0.25, 0.3) is 0 Å². The molecule has 1 saturated heterocycles. The van der Waals surface area contributed by atoms with Gasteiger partial charge in [-0.1, -0.05) is 34.6 Å². The summed E-state index contributed by atoms with van der Waals surface area (Å²) in [6.45, 7) is 15.1. The predicted octanol–water partition coefficient (Wildman–Crippen LogP) is 3.56. The van der Waals surface area contributed by atoms with E-state index in [1.165, 1.54) is 12.8 Å². The normalized spacial score (nSPS) is 37.9. The van der Waals surface area contributed by atoms with E-state index in [9.17, 15) is 5.11 Å². The van der Waals surface area contributed by atoms with Gasteiger partial charge in [-0.3, -0.25) is 0 Å². The molecule has 1 heterocycles. The van der Waals surface area contributed by atoms with Crippen LogP contribution < -0.4 is 0 Å². The van der Waals surface area contributed by atoms with Crippen LogP contribution >= 0.6 is 0 Å². The standard InChI is InChI=1S/C19H37NO2/c1-14-7-18(9-19(4,5)8-14)22-13-17(21)12-20-10-15(2)6-16(3)11-20/h14-18,21H,6-13H2,1-5H3/t14-,15-,16+,17-,18-/m1/s1. The van der Waals surface area contributed by atoms with Gasteiger partial charge in [0.15, 0.2) is 0 Å². The van der Waals surface area contributed by atoms with Crippen LogP contribution in [0.5, 0.6) is 0 Å².